The van der Waals surface area contributed by atoms with Crippen molar-refractivity contribution in [2.75, 3.05) is 26.8 Å². The number of hydrogen-bond donors (Lipinski definition) is 1. The van der Waals surface area contributed by atoms with Crippen LogP contribution in [0, 0.1) is 5.92 Å². The van der Waals surface area contributed by atoms with Gasteiger partial charge < -0.3 is 9.64 Å². The molecule has 1 atom stereocenters. The Balaban J connectivity index is 2.64. The van der Waals surface area contributed by atoms with E-state index in [-0.39, 0.29) is 0 Å². The lowest BCUT2D eigenvalue weighted by Crippen LogP contribution is -2.34. The Morgan fingerprint density at radius 3 is 2.57 bits per heavy atom. The molecular weight excluding hydrogens is 307 g/mol. The Morgan fingerprint density at radius 1 is 1.48 bits per heavy atom. The lowest BCUT2D eigenvalue weighted by molar-refractivity contribution is 0.170. The van der Waals surface area contributed by atoms with Gasteiger partial charge in [-0.25, -0.2) is 4.99 Å². The number of aliphatic imine (C=N–C) groups is 1. The summed E-state index contributed by atoms with van der Waals surface area (Å²) in [4.78, 5) is 6.38. The van der Waals surface area contributed by atoms with Crippen molar-refractivity contribution in [3.8, 4) is 0 Å². The number of nitrogens with zero attached hydrogens (tertiary/aromatic N) is 2. The first-order valence-corrected chi connectivity index (χ1v) is 9.24. The fraction of sp³-hybridized carbons (Fsp3) is 0.643. The fourth-order valence-corrected chi connectivity index (χ4v) is 2.92. The molecule has 1 aliphatic rings. The molecule has 1 aliphatic heterocycles. The third-order valence-corrected chi connectivity index (χ3v) is 4.30. The highest BCUT2D eigenvalue weighted by Gasteiger charge is 2.24. The van der Waals surface area contributed by atoms with Crippen molar-refractivity contribution in [2.45, 2.75) is 26.7 Å². The van der Waals surface area contributed by atoms with Crippen LogP contribution in [0.25, 0.3) is 0 Å². The summed E-state index contributed by atoms with van der Waals surface area (Å²) in [6.45, 7) is 9.88. The maximum absolute atomic E-state index is 10.9. The van der Waals surface area contributed by atoms with Gasteiger partial charge in [-0.15, -0.1) is 4.52 Å². The van der Waals surface area contributed by atoms with Gasteiger partial charge in [0.25, 0.3) is 0 Å². The number of methoxy groups -OCH3 is 1. The van der Waals surface area contributed by atoms with Crippen LogP contribution < -0.4 is 0 Å². The van der Waals surface area contributed by atoms with E-state index in [0.717, 1.165) is 43.1 Å². The van der Waals surface area contributed by atoms with Crippen LogP contribution in [0.15, 0.2) is 28.2 Å². The molecule has 118 valence electrons. The summed E-state index contributed by atoms with van der Waals surface area (Å²) >= 11 is 3.76. The molecule has 0 aliphatic carbocycles. The Kier molecular flexibility index (Phi) is 8.01. The second-order valence-electron chi connectivity index (χ2n) is 5.09. The van der Waals surface area contributed by atoms with Crippen molar-refractivity contribution in [2.24, 2.45) is 10.9 Å². The molecule has 0 radical (unpaired) electrons. The van der Waals surface area contributed by atoms with Gasteiger partial charge in [-0.1, -0.05) is 0 Å². The topological polar surface area (TPSA) is 51.1 Å². The van der Waals surface area contributed by atoms with Crippen molar-refractivity contribution < 1.29 is 13.8 Å². The smallest absolute Gasteiger partial charge is 0.501 e. The summed E-state index contributed by atoms with van der Waals surface area (Å²) in [6, 6.07) is 0. The molecule has 1 rings (SSSR count). The standard InChI is InChI=1S/C14H23N2O3PS/c1-11(9-12(2)18-4)14(15-3)16-7-5-13(6-8-16)10-19-20(17)21/h9,13H,3,5-8,10H2,1-2,4H3/p+1/b12-9+,14-11-. The zero-order valence-electron chi connectivity index (χ0n) is 12.9. The molecule has 0 spiro atoms. The first-order chi connectivity index (χ1) is 9.97. The van der Waals surface area contributed by atoms with E-state index in [0.29, 0.717) is 12.5 Å². The molecule has 1 fully saturated rings. The van der Waals surface area contributed by atoms with E-state index >= 15 is 0 Å². The second kappa shape index (κ2) is 9.23. The molecule has 0 bridgehead atoms. The van der Waals surface area contributed by atoms with Crippen LogP contribution in [-0.4, -0.2) is 38.4 Å². The predicted octanol–water partition coefficient (Wildman–Crippen LogP) is 3.78. The molecule has 0 aromatic rings. The summed E-state index contributed by atoms with van der Waals surface area (Å²) in [5, 5.41) is 0. The minimum atomic E-state index is -1.80. The molecule has 1 unspecified atom stereocenters. The first-order valence-electron chi connectivity index (χ1n) is 6.91. The van der Waals surface area contributed by atoms with Gasteiger partial charge in [0.2, 0.25) is 0 Å². The predicted molar refractivity (Wildman–Crippen MR) is 89.9 cm³/mol. The summed E-state index contributed by atoms with van der Waals surface area (Å²) in [7, 11) is -0.152. The van der Waals surface area contributed by atoms with Gasteiger partial charge in [-0.2, -0.15) is 0 Å². The van der Waals surface area contributed by atoms with Crippen LogP contribution in [-0.2, 0) is 13.8 Å². The number of hydrogen-bond acceptors (Lipinski definition) is 5. The van der Waals surface area contributed by atoms with Crippen molar-refractivity contribution in [1.29, 1.82) is 0 Å². The van der Waals surface area contributed by atoms with Crippen molar-refractivity contribution in [1.82, 2.24) is 4.90 Å². The van der Waals surface area contributed by atoms with Crippen molar-refractivity contribution >= 4 is 26.2 Å². The number of ether oxygens (including phenoxy) is 1. The van der Waals surface area contributed by atoms with E-state index in [1.165, 1.54) is 0 Å². The second-order valence-corrected chi connectivity index (χ2v) is 6.80. The summed E-state index contributed by atoms with van der Waals surface area (Å²) in [5.74, 6) is 2.16. The maximum atomic E-state index is 10.9. The van der Waals surface area contributed by atoms with E-state index < -0.39 is 7.23 Å². The third kappa shape index (κ3) is 6.20. The largest absolute Gasteiger partial charge is 0.582 e. The molecule has 0 saturated carbocycles. The SMILES string of the molecule is C=N/C(=C(C)/C=C(\C)OC)N1CCC(CO[P+](=O)S)CC1. The average Bonchev–Trinajstić information content (AvgIpc) is 2.46. The Bertz CT molecular complexity index is 444. The highest BCUT2D eigenvalue weighted by Crippen LogP contribution is 2.30. The number of allylic oxidation sites excluding steroid dienone is 3. The Morgan fingerprint density at radius 2 is 2.10 bits per heavy atom. The fourth-order valence-electron chi connectivity index (χ4n) is 2.38. The van der Waals surface area contributed by atoms with Gasteiger partial charge in [0, 0.05) is 13.1 Å². The van der Waals surface area contributed by atoms with Gasteiger partial charge in [-0.3, -0.25) is 0 Å². The minimum Gasteiger partial charge on any atom is -0.501 e. The van der Waals surface area contributed by atoms with Crippen LogP contribution in [0.1, 0.15) is 26.7 Å². The van der Waals surface area contributed by atoms with Gasteiger partial charge in [0.15, 0.2) is 0 Å². The molecule has 0 N–H and O–H groups in total. The highest BCUT2D eigenvalue weighted by molar-refractivity contribution is 8.39. The van der Waals surface area contributed by atoms with Crippen LogP contribution >= 0.6 is 19.5 Å². The lowest BCUT2D eigenvalue weighted by Gasteiger charge is -2.33. The van der Waals surface area contributed by atoms with E-state index in [1.807, 2.05) is 19.9 Å². The van der Waals surface area contributed by atoms with Gasteiger partial charge in [0.05, 0.1) is 12.9 Å². The third-order valence-electron chi connectivity index (χ3n) is 3.58. The van der Waals surface area contributed by atoms with Gasteiger partial charge >= 0.3 is 7.23 Å². The monoisotopic (exact) mass is 331 g/mol. The molecule has 0 amide bonds. The van der Waals surface area contributed by atoms with Crippen LogP contribution in [0.5, 0.6) is 0 Å². The van der Waals surface area contributed by atoms with E-state index in [1.54, 1.807) is 7.11 Å². The van der Waals surface area contributed by atoms with E-state index in [9.17, 15) is 4.57 Å². The number of piperidine rings is 1. The first kappa shape index (κ1) is 18.2. The van der Waals surface area contributed by atoms with E-state index in [2.05, 4.69) is 28.9 Å². The average molecular weight is 331 g/mol. The zero-order valence-corrected chi connectivity index (χ0v) is 14.7. The molecule has 21 heavy (non-hydrogen) atoms. The minimum absolute atomic E-state index is 0.426. The van der Waals surface area contributed by atoms with Crippen LogP contribution in [0.4, 0.5) is 0 Å². The summed E-state index contributed by atoms with van der Waals surface area (Å²) in [6.07, 6.45) is 3.93. The molecule has 7 heteroatoms. The highest BCUT2D eigenvalue weighted by atomic mass is 32.7. The van der Waals surface area contributed by atoms with Gasteiger partial charge in [0.1, 0.15) is 24.7 Å². The number of thiol groups is 1. The molecule has 0 aromatic heterocycles. The number of rotatable bonds is 7. The summed E-state index contributed by atoms with van der Waals surface area (Å²) in [5.41, 5.74) is 1.04. The molecular formula is C14H24N2O3PS+. The van der Waals surface area contributed by atoms with E-state index in [4.69, 9.17) is 9.26 Å². The Hall–Kier alpha value is -0.840. The van der Waals surface area contributed by atoms with Crippen LogP contribution in [0.2, 0.25) is 0 Å². The van der Waals surface area contributed by atoms with Crippen molar-refractivity contribution in [3.63, 3.8) is 0 Å². The zero-order chi connectivity index (χ0) is 15.8. The van der Waals surface area contributed by atoms with Crippen molar-refractivity contribution in [3.05, 3.63) is 23.2 Å². The Labute approximate surface area is 133 Å². The number of likely N-dealkylation sites (tertiary alicyclic amines) is 1. The van der Waals surface area contributed by atoms with Crippen LogP contribution in [0.3, 0.4) is 0 Å². The molecule has 1 heterocycles. The maximum Gasteiger partial charge on any atom is 0.582 e. The molecule has 5 nitrogen and oxygen atoms in total. The molecule has 1 saturated heterocycles. The van der Waals surface area contributed by atoms with Gasteiger partial charge in [-0.05, 0) is 55.5 Å². The lowest BCUT2D eigenvalue weighted by atomic mass is 9.98. The summed E-state index contributed by atoms with van der Waals surface area (Å²) < 4.78 is 21.1. The quantitative estimate of drug-likeness (QED) is 0.254. The normalized spacial score (nSPS) is 19.1. The molecule has 0 aromatic carbocycles.